The molecule has 2 atom stereocenters. The van der Waals surface area contributed by atoms with Gasteiger partial charge in [0.05, 0.1) is 7.11 Å². The van der Waals surface area contributed by atoms with Gasteiger partial charge >= 0.3 is 5.97 Å². The Balaban J connectivity index is 1.98. The van der Waals surface area contributed by atoms with Crippen LogP contribution in [0.25, 0.3) is 0 Å². The van der Waals surface area contributed by atoms with Crippen molar-refractivity contribution in [2.45, 2.75) is 45.6 Å². The van der Waals surface area contributed by atoms with E-state index in [1.807, 2.05) is 0 Å². The molecule has 1 aliphatic heterocycles. The second-order valence-corrected chi connectivity index (χ2v) is 7.39. The van der Waals surface area contributed by atoms with Crippen molar-refractivity contribution in [1.29, 1.82) is 0 Å². The minimum absolute atomic E-state index is 0.241. The molecule has 0 amide bonds. The Morgan fingerprint density at radius 2 is 1.89 bits per heavy atom. The molecule has 1 aliphatic carbocycles. The molecule has 110 valence electrons. The molecular formula is C15H28N2O2. The topological polar surface area (TPSA) is 55.6 Å². The van der Waals surface area contributed by atoms with Gasteiger partial charge in [-0.15, -0.1) is 0 Å². The van der Waals surface area contributed by atoms with Gasteiger partial charge < -0.3 is 15.4 Å². The van der Waals surface area contributed by atoms with E-state index in [4.69, 9.17) is 10.5 Å². The number of nitrogens with two attached hydrogens (primary N) is 1. The van der Waals surface area contributed by atoms with Crippen LogP contribution in [0.1, 0.15) is 40.0 Å². The first-order chi connectivity index (χ1) is 8.77. The van der Waals surface area contributed by atoms with Crippen LogP contribution in [0.4, 0.5) is 0 Å². The SMILES string of the molecule is COC(=O)C(N)(CN1CCC(C(C)(C)C)C1)C1CC1. The summed E-state index contributed by atoms with van der Waals surface area (Å²) in [7, 11) is 1.44. The summed E-state index contributed by atoms with van der Waals surface area (Å²) in [6, 6.07) is 0. The third-order valence-electron chi connectivity index (χ3n) is 4.85. The lowest BCUT2D eigenvalue weighted by Gasteiger charge is -2.32. The minimum atomic E-state index is -0.790. The number of methoxy groups -OCH3 is 1. The Labute approximate surface area is 116 Å². The van der Waals surface area contributed by atoms with Crippen LogP contribution in [-0.4, -0.2) is 43.2 Å². The van der Waals surface area contributed by atoms with E-state index in [0.29, 0.717) is 23.8 Å². The highest BCUT2D eigenvalue weighted by Gasteiger charge is 2.50. The maximum atomic E-state index is 12.0. The van der Waals surface area contributed by atoms with Crippen LogP contribution < -0.4 is 5.73 Å². The van der Waals surface area contributed by atoms with Crippen molar-refractivity contribution in [2.24, 2.45) is 23.0 Å². The molecule has 0 aromatic rings. The predicted octanol–water partition coefficient (Wildman–Crippen LogP) is 1.63. The normalized spacial score (nSPS) is 28.2. The lowest BCUT2D eigenvalue weighted by Crippen LogP contribution is -2.58. The van der Waals surface area contributed by atoms with Gasteiger partial charge in [-0.25, -0.2) is 0 Å². The number of esters is 1. The van der Waals surface area contributed by atoms with E-state index in [2.05, 4.69) is 25.7 Å². The highest BCUT2D eigenvalue weighted by molar-refractivity contribution is 5.81. The van der Waals surface area contributed by atoms with Gasteiger partial charge in [-0.1, -0.05) is 20.8 Å². The molecule has 0 radical (unpaired) electrons. The molecule has 4 heteroatoms. The van der Waals surface area contributed by atoms with Gasteiger partial charge in [-0.3, -0.25) is 4.79 Å². The molecule has 2 aliphatic rings. The summed E-state index contributed by atoms with van der Waals surface area (Å²) in [6.07, 6.45) is 3.32. The Morgan fingerprint density at radius 3 is 2.32 bits per heavy atom. The first-order valence-corrected chi connectivity index (χ1v) is 7.37. The number of hydrogen-bond acceptors (Lipinski definition) is 4. The lowest BCUT2D eigenvalue weighted by atomic mass is 9.80. The van der Waals surface area contributed by atoms with Crippen molar-refractivity contribution >= 4 is 5.97 Å². The summed E-state index contributed by atoms with van der Waals surface area (Å²) in [5.74, 6) is 0.761. The second kappa shape index (κ2) is 5.06. The molecule has 19 heavy (non-hydrogen) atoms. The van der Waals surface area contributed by atoms with E-state index in [1.54, 1.807) is 0 Å². The van der Waals surface area contributed by atoms with E-state index in [1.165, 1.54) is 13.5 Å². The number of hydrogen-bond donors (Lipinski definition) is 1. The van der Waals surface area contributed by atoms with E-state index in [-0.39, 0.29) is 5.97 Å². The Hall–Kier alpha value is -0.610. The van der Waals surface area contributed by atoms with Crippen molar-refractivity contribution in [3.05, 3.63) is 0 Å². The summed E-state index contributed by atoms with van der Waals surface area (Å²) in [4.78, 5) is 14.4. The number of nitrogens with zero attached hydrogens (tertiary/aromatic N) is 1. The quantitative estimate of drug-likeness (QED) is 0.788. The standard InChI is InChI=1S/C15H28N2O2/c1-14(2,3)12-7-8-17(9-12)10-15(16,11-5-6-11)13(18)19-4/h11-12H,5-10,16H2,1-4H3. The molecule has 1 heterocycles. The highest BCUT2D eigenvalue weighted by atomic mass is 16.5. The van der Waals surface area contributed by atoms with Crippen LogP contribution in [0.2, 0.25) is 0 Å². The molecule has 0 bridgehead atoms. The smallest absolute Gasteiger partial charge is 0.327 e. The zero-order valence-electron chi connectivity index (χ0n) is 12.7. The molecule has 1 saturated heterocycles. The summed E-state index contributed by atoms with van der Waals surface area (Å²) < 4.78 is 4.93. The Kier molecular flexibility index (Phi) is 3.94. The molecule has 0 aromatic carbocycles. The van der Waals surface area contributed by atoms with Crippen LogP contribution in [-0.2, 0) is 9.53 Å². The average molecular weight is 268 g/mol. The van der Waals surface area contributed by atoms with Gasteiger partial charge in [0.25, 0.3) is 0 Å². The van der Waals surface area contributed by atoms with Crippen LogP contribution in [0.15, 0.2) is 0 Å². The van der Waals surface area contributed by atoms with Crippen molar-refractivity contribution in [3.8, 4) is 0 Å². The molecule has 0 aromatic heterocycles. The predicted molar refractivity (Wildman–Crippen MR) is 75.7 cm³/mol. The molecule has 2 unspecified atom stereocenters. The van der Waals surface area contributed by atoms with Gasteiger partial charge in [-0.05, 0) is 43.1 Å². The van der Waals surface area contributed by atoms with E-state index < -0.39 is 5.54 Å². The van der Waals surface area contributed by atoms with Crippen molar-refractivity contribution < 1.29 is 9.53 Å². The number of carbonyl (C=O) groups is 1. The highest BCUT2D eigenvalue weighted by Crippen LogP contribution is 2.41. The zero-order valence-corrected chi connectivity index (χ0v) is 12.7. The summed E-state index contributed by atoms with van der Waals surface area (Å²) in [5.41, 5.74) is 5.92. The fraction of sp³-hybridized carbons (Fsp3) is 0.933. The van der Waals surface area contributed by atoms with Crippen molar-refractivity contribution in [1.82, 2.24) is 4.90 Å². The second-order valence-electron chi connectivity index (χ2n) is 7.39. The third kappa shape index (κ3) is 3.11. The molecule has 2 rings (SSSR count). The van der Waals surface area contributed by atoms with E-state index in [0.717, 1.165) is 25.9 Å². The first kappa shape index (κ1) is 14.8. The average Bonchev–Trinajstić information content (AvgIpc) is 3.08. The molecule has 4 nitrogen and oxygen atoms in total. The molecule has 2 N–H and O–H groups in total. The van der Waals surface area contributed by atoms with Crippen molar-refractivity contribution in [2.75, 3.05) is 26.7 Å². The Bertz CT molecular complexity index is 347. The van der Waals surface area contributed by atoms with Gasteiger partial charge in [-0.2, -0.15) is 0 Å². The number of carbonyl (C=O) groups excluding carboxylic acids is 1. The van der Waals surface area contributed by atoms with Gasteiger partial charge in [0.2, 0.25) is 0 Å². The molecular weight excluding hydrogens is 240 g/mol. The monoisotopic (exact) mass is 268 g/mol. The van der Waals surface area contributed by atoms with Gasteiger partial charge in [0.1, 0.15) is 5.54 Å². The summed E-state index contributed by atoms with van der Waals surface area (Å²) in [5, 5.41) is 0. The van der Waals surface area contributed by atoms with Crippen LogP contribution >= 0.6 is 0 Å². The van der Waals surface area contributed by atoms with Crippen LogP contribution in [0.5, 0.6) is 0 Å². The lowest BCUT2D eigenvalue weighted by molar-refractivity contribution is -0.148. The zero-order chi connectivity index (χ0) is 14.3. The summed E-state index contributed by atoms with van der Waals surface area (Å²) in [6.45, 7) is 9.61. The van der Waals surface area contributed by atoms with Crippen LogP contribution in [0, 0.1) is 17.3 Å². The minimum Gasteiger partial charge on any atom is -0.468 e. The van der Waals surface area contributed by atoms with Gasteiger partial charge in [0.15, 0.2) is 0 Å². The fourth-order valence-corrected chi connectivity index (χ4v) is 3.20. The van der Waals surface area contributed by atoms with Gasteiger partial charge in [0, 0.05) is 13.1 Å². The van der Waals surface area contributed by atoms with E-state index in [9.17, 15) is 4.79 Å². The van der Waals surface area contributed by atoms with E-state index >= 15 is 0 Å². The molecule has 0 spiro atoms. The maximum absolute atomic E-state index is 12.0. The largest absolute Gasteiger partial charge is 0.468 e. The first-order valence-electron chi connectivity index (χ1n) is 7.37. The van der Waals surface area contributed by atoms with Crippen LogP contribution in [0.3, 0.4) is 0 Å². The molecule has 2 fully saturated rings. The Morgan fingerprint density at radius 1 is 1.26 bits per heavy atom. The molecule has 1 saturated carbocycles. The number of likely N-dealkylation sites (tertiary alicyclic amines) is 1. The maximum Gasteiger partial charge on any atom is 0.327 e. The van der Waals surface area contributed by atoms with Crippen molar-refractivity contribution in [3.63, 3.8) is 0 Å². The number of ether oxygens (including phenoxy) is 1. The summed E-state index contributed by atoms with van der Waals surface area (Å²) >= 11 is 0. The number of rotatable bonds is 4. The fourth-order valence-electron chi connectivity index (χ4n) is 3.20. The third-order valence-corrected chi connectivity index (χ3v) is 4.85.